The number of hydrogen-bond donors (Lipinski definition) is 1. The number of hydrogen-bond acceptors (Lipinski definition) is 2. The summed E-state index contributed by atoms with van der Waals surface area (Å²) in [6, 6.07) is 10.9. The van der Waals surface area contributed by atoms with Crippen molar-refractivity contribution in [1.82, 2.24) is 5.32 Å². The van der Waals surface area contributed by atoms with Crippen molar-refractivity contribution in [2.75, 3.05) is 0 Å². The summed E-state index contributed by atoms with van der Waals surface area (Å²) in [5.41, 5.74) is 1.93. The molecule has 0 bridgehead atoms. The van der Waals surface area contributed by atoms with Crippen molar-refractivity contribution in [3.8, 4) is 6.07 Å². The smallest absolute Gasteiger partial charge is 0.0991 e. The van der Waals surface area contributed by atoms with Gasteiger partial charge in [0, 0.05) is 12.1 Å². The number of rotatable bonds is 7. The van der Waals surface area contributed by atoms with Gasteiger partial charge in [0.1, 0.15) is 0 Å². The summed E-state index contributed by atoms with van der Waals surface area (Å²) in [5, 5.41) is 12.5. The van der Waals surface area contributed by atoms with E-state index in [0.717, 1.165) is 5.56 Å². The van der Waals surface area contributed by atoms with E-state index in [1.54, 1.807) is 0 Å². The Labute approximate surface area is 111 Å². The normalized spacial score (nSPS) is 13.9. The quantitative estimate of drug-likeness (QED) is 0.730. The topological polar surface area (TPSA) is 35.8 Å². The summed E-state index contributed by atoms with van der Waals surface area (Å²) >= 11 is 0. The van der Waals surface area contributed by atoms with Gasteiger partial charge in [-0.1, -0.05) is 38.3 Å². The molecule has 0 saturated heterocycles. The molecule has 18 heavy (non-hydrogen) atoms. The minimum absolute atomic E-state index is 0.301. The lowest BCUT2D eigenvalue weighted by Gasteiger charge is -2.20. The molecule has 0 fully saturated rings. The maximum absolute atomic E-state index is 8.90. The van der Waals surface area contributed by atoms with Gasteiger partial charge < -0.3 is 5.32 Å². The number of nitriles is 1. The van der Waals surface area contributed by atoms with Gasteiger partial charge in [-0.15, -0.1) is 0 Å². The first-order chi connectivity index (χ1) is 8.67. The Bertz CT molecular complexity index is 392. The average Bonchev–Trinajstić information content (AvgIpc) is 2.39. The summed E-state index contributed by atoms with van der Waals surface area (Å²) in [5.74, 6) is 0. The molecule has 1 rings (SSSR count). The molecule has 0 aliphatic carbocycles. The third-order valence-electron chi connectivity index (χ3n) is 3.29. The fourth-order valence-electron chi connectivity index (χ4n) is 2.18. The predicted octanol–water partition coefficient (Wildman–Crippen LogP) is 4.18. The van der Waals surface area contributed by atoms with Crippen LogP contribution < -0.4 is 5.32 Å². The molecule has 2 unspecified atom stereocenters. The van der Waals surface area contributed by atoms with E-state index in [4.69, 9.17) is 5.26 Å². The van der Waals surface area contributed by atoms with Crippen LogP contribution in [0.4, 0.5) is 0 Å². The Morgan fingerprint density at radius 3 is 2.72 bits per heavy atom. The zero-order valence-electron chi connectivity index (χ0n) is 11.7. The summed E-state index contributed by atoms with van der Waals surface area (Å²) in [4.78, 5) is 0. The van der Waals surface area contributed by atoms with E-state index in [1.807, 2.05) is 18.2 Å². The van der Waals surface area contributed by atoms with Crippen LogP contribution in [0.1, 0.15) is 63.6 Å². The van der Waals surface area contributed by atoms with E-state index in [1.165, 1.54) is 31.2 Å². The summed E-state index contributed by atoms with van der Waals surface area (Å²) in [6.07, 6.45) is 5.09. The largest absolute Gasteiger partial charge is 0.308 e. The van der Waals surface area contributed by atoms with E-state index in [0.29, 0.717) is 12.1 Å². The molecule has 0 saturated carbocycles. The molecule has 98 valence electrons. The van der Waals surface area contributed by atoms with Crippen molar-refractivity contribution in [2.45, 2.75) is 58.5 Å². The van der Waals surface area contributed by atoms with Gasteiger partial charge >= 0.3 is 0 Å². The molecule has 0 spiro atoms. The molecule has 0 amide bonds. The fourth-order valence-corrected chi connectivity index (χ4v) is 2.18. The van der Waals surface area contributed by atoms with Crippen LogP contribution in [0.3, 0.4) is 0 Å². The molecule has 1 aromatic carbocycles. The minimum atomic E-state index is 0.301. The van der Waals surface area contributed by atoms with Crippen LogP contribution in [0.5, 0.6) is 0 Å². The van der Waals surface area contributed by atoms with Gasteiger partial charge in [-0.3, -0.25) is 0 Å². The van der Waals surface area contributed by atoms with Crippen molar-refractivity contribution >= 4 is 0 Å². The zero-order valence-corrected chi connectivity index (χ0v) is 11.7. The van der Waals surface area contributed by atoms with Gasteiger partial charge in [0.15, 0.2) is 0 Å². The average molecular weight is 244 g/mol. The second kappa shape index (κ2) is 7.89. The highest BCUT2D eigenvalue weighted by Gasteiger charge is 2.09. The predicted molar refractivity (Wildman–Crippen MR) is 76.3 cm³/mol. The second-order valence-corrected chi connectivity index (χ2v) is 5.02. The highest BCUT2D eigenvalue weighted by atomic mass is 14.9. The first-order valence-electron chi connectivity index (χ1n) is 6.93. The molecule has 2 nitrogen and oxygen atoms in total. The number of unbranched alkanes of at least 4 members (excludes halogenated alkanes) is 2. The van der Waals surface area contributed by atoms with Crippen molar-refractivity contribution in [3.05, 3.63) is 35.4 Å². The lowest BCUT2D eigenvalue weighted by Crippen LogP contribution is -2.28. The van der Waals surface area contributed by atoms with Gasteiger partial charge in [0.25, 0.3) is 0 Å². The molecular formula is C16H24N2. The molecule has 2 atom stereocenters. The van der Waals surface area contributed by atoms with E-state index in [9.17, 15) is 0 Å². The van der Waals surface area contributed by atoms with E-state index in [2.05, 4.69) is 38.2 Å². The van der Waals surface area contributed by atoms with Gasteiger partial charge in [-0.25, -0.2) is 0 Å². The molecule has 2 heteroatoms. The first-order valence-corrected chi connectivity index (χ1v) is 6.93. The monoisotopic (exact) mass is 244 g/mol. The zero-order chi connectivity index (χ0) is 13.4. The van der Waals surface area contributed by atoms with Gasteiger partial charge in [0.05, 0.1) is 11.6 Å². The Morgan fingerprint density at radius 2 is 2.06 bits per heavy atom. The number of nitrogens with one attached hydrogen (secondary N) is 1. The van der Waals surface area contributed by atoms with Crippen LogP contribution in [0, 0.1) is 11.3 Å². The lowest BCUT2D eigenvalue weighted by molar-refractivity contribution is 0.440. The standard InChI is InChI=1S/C16H24N2/c1-4-5-6-8-13(2)18-14(3)16-10-7-9-15(11-16)12-17/h7,9-11,13-14,18H,4-6,8H2,1-3H3. The van der Waals surface area contributed by atoms with Gasteiger partial charge in [-0.2, -0.15) is 5.26 Å². The van der Waals surface area contributed by atoms with Crippen LogP contribution in [-0.4, -0.2) is 6.04 Å². The third kappa shape index (κ3) is 4.89. The Balaban J connectivity index is 2.48. The number of benzene rings is 1. The van der Waals surface area contributed by atoms with Crippen LogP contribution in [0.25, 0.3) is 0 Å². The highest BCUT2D eigenvalue weighted by Crippen LogP contribution is 2.15. The summed E-state index contributed by atoms with van der Waals surface area (Å²) < 4.78 is 0. The molecule has 1 N–H and O–H groups in total. The van der Waals surface area contributed by atoms with Crippen LogP contribution in [0.15, 0.2) is 24.3 Å². The SMILES string of the molecule is CCCCCC(C)NC(C)c1cccc(C#N)c1. The van der Waals surface area contributed by atoms with Crippen LogP contribution in [-0.2, 0) is 0 Å². The number of nitrogens with zero attached hydrogens (tertiary/aromatic N) is 1. The Kier molecular flexibility index (Phi) is 6.46. The van der Waals surface area contributed by atoms with E-state index < -0.39 is 0 Å². The molecular weight excluding hydrogens is 220 g/mol. The second-order valence-electron chi connectivity index (χ2n) is 5.02. The first kappa shape index (κ1) is 14.7. The molecule has 0 aliphatic rings. The maximum atomic E-state index is 8.90. The van der Waals surface area contributed by atoms with Crippen molar-refractivity contribution < 1.29 is 0 Å². The molecule has 0 aliphatic heterocycles. The van der Waals surface area contributed by atoms with E-state index in [-0.39, 0.29) is 0 Å². The van der Waals surface area contributed by atoms with Crippen molar-refractivity contribution in [3.63, 3.8) is 0 Å². The Hall–Kier alpha value is -1.33. The van der Waals surface area contributed by atoms with Gasteiger partial charge in [-0.05, 0) is 38.0 Å². The van der Waals surface area contributed by atoms with Crippen LogP contribution in [0.2, 0.25) is 0 Å². The Morgan fingerprint density at radius 1 is 1.28 bits per heavy atom. The molecule has 0 aromatic heterocycles. The van der Waals surface area contributed by atoms with Crippen molar-refractivity contribution in [2.24, 2.45) is 0 Å². The fraction of sp³-hybridized carbons (Fsp3) is 0.562. The maximum Gasteiger partial charge on any atom is 0.0991 e. The third-order valence-corrected chi connectivity index (χ3v) is 3.29. The molecule has 0 heterocycles. The lowest BCUT2D eigenvalue weighted by atomic mass is 10.0. The van der Waals surface area contributed by atoms with Crippen molar-refractivity contribution in [1.29, 1.82) is 5.26 Å². The molecule has 1 aromatic rings. The molecule has 0 radical (unpaired) electrons. The van der Waals surface area contributed by atoms with Crippen LogP contribution >= 0.6 is 0 Å². The highest BCUT2D eigenvalue weighted by molar-refractivity contribution is 5.34. The van der Waals surface area contributed by atoms with Gasteiger partial charge in [0.2, 0.25) is 0 Å². The summed E-state index contributed by atoms with van der Waals surface area (Å²) in [6.45, 7) is 6.63. The van der Waals surface area contributed by atoms with E-state index >= 15 is 0 Å². The summed E-state index contributed by atoms with van der Waals surface area (Å²) in [7, 11) is 0. The minimum Gasteiger partial charge on any atom is -0.308 e.